The van der Waals surface area contributed by atoms with Crippen LogP contribution in [-0.2, 0) is 10.0 Å². The van der Waals surface area contributed by atoms with Gasteiger partial charge < -0.3 is 9.47 Å². The molecule has 0 atom stereocenters. The van der Waals surface area contributed by atoms with Gasteiger partial charge in [-0.1, -0.05) is 12.1 Å². The van der Waals surface area contributed by atoms with Crippen LogP contribution >= 0.6 is 24.0 Å². The summed E-state index contributed by atoms with van der Waals surface area (Å²) in [6, 6.07) is 4.79. The van der Waals surface area contributed by atoms with Crippen molar-refractivity contribution in [3.8, 4) is 11.8 Å². The lowest BCUT2D eigenvalue weighted by Gasteiger charge is -2.12. The van der Waals surface area contributed by atoms with Crippen LogP contribution in [0.1, 0.15) is 5.82 Å². The third-order valence-electron chi connectivity index (χ3n) is 2.84. The van der Waals surface area contributed by atoms with Gasteiger partial charge in [-0.05, 0) is 19.1 Å². The number of hydrogen-bond donors (Lipinski definition) is 2. The largest absolute Gasteiger partial charge is 0.491 e. The number of benzene rings is 1. The summed E-state index contributed by atoms with van der Waals surface area (Å²) >= 11 is 5.55. The van der Waals surface area contributed by atoms with Crippen molar-refractivity contribution in [1.82, 2.24) is 19.7 Å². The highest BCUT2D eigenvalue weighted by molar-refractivity contribution is 7.90. The van der Waals surface area contributed by atoms with E-state index in [2.05, 4.69) is 20.3 Å². The maximum atomic E-state index is 12.4. The molecule has 13 heteroatoms. The molecule has 2 amide bonds. The fourth-order valence-electron chi connectivity index (χ4n) is 1.85. The Labute approximate surface area is 167 Å². The normalized spacial score (nSPS) is 10.5. The Bertz CT molecular complexity index is 897. The van der Waals surface area contributed by atoms with E-state index in [0.29, 0.717) is 0 Å². The first-order valence-corrected chi connectivity index (χ1v) is 9.25. The van der Waals surface area contributed by atoms with Gasteiger partial charge in [0.25, 0.3) is 10.0 Å². The van der Waals surface area contributed by atoms with E-state index in [1.807, 2.05) is 4.72 Å². The monoisotopic (exact) mass is 437 g/mol. The number of hydrogen-bond acceptors (Lipinski definition) is 8. The summed E-state index contributed by atoms with van der Waals surface area (Å²) in [5.41, 5.74) is 0. The maximum Gasteiger partial charge on any atom is 0.335 e. The Morgan fingerprint density at radius 2 is 1.93 bits per heavy atom. The Balaban J connectivity index is 0.00000364. The summed E-state index contributed by atoms with van der Waals surface area (Å²) in [5.74, 6) is 0.387. The summed E-state index contributed by atoms with van der Waals surface area (Å²) < 4.78 is 36.9. The summed E-state index contributed by atoms with van der Waals surface area (Å²) in [6.45, 7) is 1.68. The second kappa shape index (κ2) is 10.1. The number of carbonyl (C=O) groups excluding carboxylic acids is 1. The molecular weight excluding hydrogens is 421 g/mol. The van der Waals surface area contributed by atoms with E-state index >= 15 is 0 Å². The number of methoxy groups -OCH3 is 1. The molecule has 0 fully saturated rings. The summed E-state index contributed by atoms with van der Waals surface area (Å²) in [4.78, 5) is 23.4. The van der Waals surface area contributed by atoms with Crippen LogP contribution in [0.15, 0.2) is 29.2 Å². The van der Waals surface area contributed by atoms with E-state index < -0.39 is 16.1 Å². The molecule has 1 aromatic heterocycles. The molecule has 0 unspecified atom stereocenters. The number of nitrogens with one attached hydrogen (secondary N) is 2. The number of nitrogens with zero attached hydrogens (tertiary/aromatic N) is 3. The van der Waals surface area contributed by atoms with Gasteiger partial charge in [-0.25, -0.2) is 17.9 Å². The van der Waals surface area contributed by atoms with Crippen molar-refractivity contribution in [1.29, 1.82) is 0 Å². The Morgan fingerprint density at radius 1 is 1.22 bits per heavy atom. The van der Waals surface area contributed by atoms with Crippen LogP contribution in [0, 0.1) is 6.92 Å². The molecule has 0 bridgehead atoms. The van der Waals surface area contributed by atoms with E-state index in [1.54, 1.807) is 13.0 Å². The third kappa shape index (κ3) is 6.38. The van der Waals surface area contributed by atoms with Crippen molar-refractivity contribution in [3.63, 3.8) is 0 Å². The molecule has 148 valence electrons. The first-order chi connectivity index (χ1) is 12.4. The predicted molar refractivity (Wildman–Crippen MR) is 100 cm³/mol. The number of aryl methyl sites for hydroxylation is 1. The minimum absolute atomic E-state index is 0. The number of carbonyl (C=O) groups is 1. The number of anilines is 1. The average Bonchev–Trinajstić information content (AvgIpc) is 2.59. The average molecular weight is 438 g/mol. The van der Waals surface area contributed by atoms with Crippen molar-refractivity contribution in [3.05, 3.63) is 30.1 Å². The van der Waals surface area contributed by atoms with Gasteiger partial charge in [-0.3, -0.25) is 5.32 Å². The maximum absolute atomic E-state index is 12.4. The first-order valence-electron chi connectivity index (χ1n) is 7.24. The van der Waals surface area contributed by atoms with Crippen LogP contribution in [-0.4, -0.2) is 49.0 Å². The van der Waals surface area contributed by atoms with Crippen molar-refractivity contribution < 1.29 is 22.7 Å². The van der Waals surface area contributed by atoms with Crippen molar-refractivity contribution in [2.75, 3.05) is 24.9 Å². The minimum atomic E-state index is -4.20. The van der Waals surface area contributed by atoms with Crippen LogP contribution < -0.4 is 19.5 Å². The molecule has 0 radical (unpaired) electrons. The van der Waals surface area contributed by atoms with Crippen molar-refractivity contribution in [2.45, 2.75) is 11.8 Å². The van der Waals surface area contributed by atoms with Gasteiger partial charge in [0.15, 0.2) is 0 Å². The summed E-state index contributed by atoms with van der Waals surface area (Å²) in [7, 11) is -2.85. The molecule has 27 heavy (non-hydrogen) atoms. The topological polar surface area (TPSA) is 132 Å². The van der Waals surface area contributed by atoms with Crippen LogP contribution in [0.4, 0.5) is 10.7 Å². The minimum Gasteiger partial charge on any atom is -0.491 e. The zero-order valence-corrected chi connectivity index (χ0v) is 16.7. The quantitative estimate of drug-likeness (QED) is 0.625. The predicted octanol–water partition coefficient (Wildman–Crippen LogP) is 1.74. The number of alkyl halides is 1. The molecule has 0 aliphatic rings. The van der Waals surface area contributed by atoms with Crippen LogP contribution in [0.3, 0.4) is 0 Å². The molecule has 0 saturated carbocycles. The lowest BCUT2D eigenvalue weighted by molar-refractivity contribution is 0.256. The molecule has 2 N–H and O–H groups in total. The van der Waals surface area contributed by atoms with E-state index in [4.69, 9.17) is 21.1 Å². The Hall–Kier alpha value is -2.37. The van der Waals surface area contributed by atoms with Gasteiger partial charge in [0, 0.05) is 0 Å². The molecule has 0 spiro atoms. The van der Waals surface area contributed by atoms with Crippen LogP contribution in [0.5, 0.6) is 11.8 Å². The number of halogens is 2. The Kier molecular flexibility index (Phi) is 8.47. The summed E-state index contributed by atoms with van der Waals surface area (Å²) in [6.07, 6.45) is 0. The number of sulfonamides is 1. The SMILES string of the molecule is COc1nc(C)nc(NC(=O)NS(=O)(=O)c2ccccc2OCCCl)n1.Cl. The van der Waals surface area contributed by atoms with Gasteiger partial charge in [0.05, 0.1) is 13.0 Å². The highest BCUT2D eigenvalue weighted by Gasteiger charge is 2.22. The fraction of sp³-hybridized carbons (Fsp3) is 0.286. The van der Waals surface area contributed by atoms with Crippen molar-refractivity contribution >= 4 is 46.0 Å². The van der Waals surface area contributed by atoms with Gasteiger partial charge >= 0.3 is 12.0 Å². The first kappa shape index (κ1) is 22.7. The smallest absolute Gasteiger partial charge is 0.335 e. The standard InChI is InChI=1S/C14H16ClN5O5S.ClH/c1-9-16-12(19-14(17-9)24-2)18-13(21)20-26(22,23)11-6-4-3-5-10(11)25-8-7-15;/h3-6H,7-8H2,1-2H3,(H2,16,17,18,19,20,21);1H. The van der Waals surface area contributed by atoms with E-state index in [0.717, 1.165) is 0 Å². The fourth-order valence-corrected chi connectivity index (χ4v) is 2.98. The lowest BCUT2D eigenvalue weighted by atomic mass is 10.3. The van der Waals surface area contributed by atoms with Gasteiger partial charge in [0.1, 0.15) is 23.1 Å². The highest BCUT2D eigenvalue weighted by atomic mass is 35.5. The van der Waals surface area contributed by atoms with Crippen LogP contribution in [0.2, 0.25) is 0 Å². The molecule has 0 aliphatic carbocycles. The number of para-hydroxylation sites is 1. The molecule has 2 aromatic rings. The molecule has 1 aromatic carbocycles. The van der Waals surface area contributed by atoms with Gasteiger partial charge in [-0.15, -0.1) is 24.0 Å². The third-order valence-corrected chi connectivity index (χ3v) is 4.36. The molecule has 2 rings (SSSR count). The molecular formula is C14H17Cl2N5O5S. The number of ether oxygens (including phenoxy) is 2. The second-order valence-corrected chi connectivity index (χ2v) is 6.77. The molecule has 10 nitrogen and oxygen atoms in total. The zero-order chi connectivity index (χ0) is 19.2. The van der Waals surface area contributed by atoms with E-state index in [1.165, 1.54) is 25.3 Å². The number of urea groups is 1. The van der Waals surface area contributed by atoms with E-state index in [-0.39, 0.29) is 53.3 Å². The lowest BCUT2D eigenvalue weighted by Crippen LogP contribution is -2.35. The second-order valence-electron chi connectivity index (χ2n) is 4.74. The van der Waals surface area contributed by atoms with Gasteiger partial charge in [0.2, 0.25) is 5.95 Å². The number of aromatic nitrogens is 3. The van der Waals surface area contributed by atoms with Crippen molar-refractivity contribution in [2.24, 2.45) is 0 Å². The van der Waals surface area contributed by atoms with Gasteiger partial charge in [-0.2, -0.15) is 15.0 Å². The Morgan fingerprint density at radius 3 is 2.59 bits per heavy atom. The number of amides is 2. The zero-order valence-electron chi connectivity index (χ0n) is 14.3. The molecule has 0 saturated heterocycles. The highest BCUT2D eigenvalue weighted by Crippen LogP contribution is 2.23. The van der Waals surface area contributed by atoms with Crippen LogP contribution in [0.25, 0.3) is 0 Å². The molecule has 1 heterocycles. The summed E-state index contributed by atoms with van der Waals surface area (Å²) in [5, 5.41) is 2.21. The number of rotatable bonds is 7. The molecule has 0 aliphatic heterocycles. The van der Waals surface area contributed by atoms with E-state index in [9.17, 15) is 13.2 Å².